The van der Waals surface area contributed by atoms with Crippen molar-refractivity contribution in [2.45, 2.75) is 0 Å². The summed E-state index contributed by atoms with van der Waals surface area (Å²) in [6.45, 7) is 0. The van der Waals surface area contributed by atoms with Gasteiger partial charge in [0.15, 0.2) is 0 Å². The maximum absolute atomic E-state index is 11.5. The Morgan fingerprint density at radius 3 is 1.23 bits per heavy atom. The van der Waals surface area contributed by atoms with Crippen molar-refractivity contribution in [2.24, 2.45) is 0 Å². The molecule has 0 aliphatic rings. The van der Waals surface area contributed by atoms with E-state index in [1.165, 1.54) is 12.4 Å². The predicted octanol–water partition coefficient (Wildman–Crippen LogP) is -1.99. The van der Waals surface area contributed by atoms with E-state index in [1.54, 1.807) is 0 Å². The molecule has 0 radical (unpaired) electrons. The van der Waals surface area contributed by atoms with Crippen LogP contribution in [0.25, 0.3) is 0 Å². The molecule has 4 atom stereocenters. The fraction of sp³-hybridized carbons (Fsp3) is 0. The van der Waals surface area contributed by atoms with Crippen molar-refractivity contribution in [1.29, 1.82) is 0 Å². The van der Waals surface area contributed by atoms with Gasteiger partial charge in [0.2, 0.25) is 23.1 Å². The van der Waals surface area contributed by atoms with E-state index in [1.807, 2.05) is 0 Å². The summed E-state index contributed by atoms with van der Waals surface area (Å²) in [6.07, 6.45) is 0. The summed E-state index contributed by atoms with van der Waals surface area (Å²) in [5.41, 5.74) is 0. The summed E-state index contributed by atoms with van der Waals surface area (Å²) in [6, 6.07) is 0. The van der Waals surface area contributed by atoms with Crippen LogP contribution in [0.3, 0.4) is 0 Å². The third-order valence-electron chi connectivity index (χ3n) is 0.434. The first kappa shape index (κ1) is 14.0. The van der Waals surface area contributed by atoms with E-state index >= 15 is 0 Å². The van der Waals surface area contributed by atoms with E-state index in [0.29, 0.717) is 0 Å². The molecular formula is H3F2N3O4S4. The molecule has 0 fully saturated rings. The zero-order valence-electron chi connectivity index (χ0n) is 5.52. The van der Waals surface area contributed by atoms with Crippen LogP contribution in [-0.2, 0) is 46.6 Å². The first-order chi connectivity index (χ1) is 5.91. The van der Waals surface area contributed by atoms with Gasteiger partial charge in [-0.05, 0) is 0 Å². The Kier molecular flexibility index (Phi) is 7.85. The van der Waals surface area contributed by atoms with Crippen LogP contribution in [-0.4, -0.2) is 18.2 Å². The van der Waals surface area contributed by atoms with Gasteiger partial charge in [0.05, 0.1) is 4.13 Å². The molecule has 0 aliphatic heterocycles. The van der Waals surface area contributed by atoms with Gasteiger partial charge in [0, 0.05) is 7.77 Å². The van der Waals surface area contributed by atoms with Crippen LogP contribution in [0.2, 0.25) is 0 Å². The van der Waals surface area contributed by atoms with Crippen molar-refractivity contribution >= 4 is 46.6 Å². The molecule has 7 nitrogen and oxygen atoms in total. The van der Waals surface area contributed by atoms with Crippen molar-refractivity contribution in [3.05, 3.63) is 0 Å². The Morgan fingerprint density at radius 1 is 0.692 bits per heavy atom. The molecule has 80 valence electrons. The molecule has 13 heavy (non-hydrogen) atoms. The number of nitrogens with one attached hydrogen (secondary N) is 3. The minimum Gasteiger partial charge on any atom is -0.572 e. The van der Waals surface area contributed by atoms with Crippen molar-refractivity contribution in [3.63, 3.8) is 0 Å². The van der Waals surface area contributed by atoms with Gasteiger partial charge >= 0.3 is 23.5 Å². The number of hydrogen-bond donors (Lipinski definition) is 3. The average Bonchev–Trinajstić information content (AvgIpc) is 1.80. The van der Waals surface area contributed by atoms with Gasteiger partial charge < -0.3 is 18.2 Å². The second-order valence-corrected chi connectivity index (χ2v) is 5.20. The monoisotopic (exact) mass is 275 g/mol. The standard InChI is InChI=1S/F2H3N3O4S4/c1-10(6)3-12(8)5-13(9)4-11(2)7/h3-5H. The van der Waals surface area contributed by atoms with Crippen LogP contribution in [0.15, 0.2) is 0 Å². The highest BCUT2D eigenvalue weighted by molar-refractivity contribution is 8.11. The Labute approximate surface area is 85.1 Å². The van der Waals surface area contributed by atoms with Crippen LogP contribution < -0.4 is 12.4 Å². The van der Waals surface area contributed by atoms with Crippen molar-refractivity contribution in [1.82, 2.24) is 12.4 Å². The maximum atomic E-state index is 11.5. The van der Waals surface area contributed by atoms with Gasteiger partial charge in [-0.15, -0.1) is 0 Å². The van der Waals surface area contributed by atoms with Crippen LogP contribution in [0, 0.1) is 0 Å². The molecule has 3 N–H and O–H groups in total. The summed E-state index contributed by atoms with van der Waals surface area (Å²) in [4.78, 5) is 0. The average molecular weight is 275 g/mol. The highest BCUT2D eigenvalue weighted by atomic mass is 32.3. The second kappa shape index (κ2) is 7.30. The lowest BCUT2D eigenvalue weighted by atomic mass is 13.8. The highest BCUT2D eigenvalue weighted by Crippen LogP contribution is 1.93. The molecule has 0 spiro atoms. The number of rotatable bonds is 6. The van der Waals surface area contributed by atoms with E-state index < -0.39 is 46.6 Å². The smallest absolute Gasteiger partial charge is 0.323 e. The Morgan fingerprint density at radius 2 is 1.00 bits per heavy atom. The summed E-state index contributed by atoms with van der Waals surface area (Å²) in [7, 11) is 0. The van der Waals surface area contributed by atoms with E-state index in [9.17, 15) is 26.0 Å². The Balaban J connectivity index is 3.58. The van der Waals surface area contributed by atoms with Gasteiger partial charge in [-0.1, -0.05) is 0 Å². The van der Waals surface area contributed by atoms with Crippen LogP contribution in [0.5, 0.6) is 0 Å². The highest BCUT2D eigenvalue weighted by Gasteiger charge is 2.28. The van der Waals surface area contributed by atoms with Crippen molar-refractivity contribution in [3.8, 4) is 0 Å². The maximum Gasteiger partial charge on any atom is 0.323 e. The zero-order chi connectivity index (χ0) is 10.4. The molecule has 0 amide bonds. The molecular weight excluding hydrogens is 272 g/mol. The summed E-state index contributed by atoms with van der Waals surface area (Å²) in [5.74, 6) is 0. The van der Waals surface area contributed by atoms with Crippen LogP contribution in [0.1, 0.15) is 0 Å². The lowest BCUT2D eigenvalue weighted by Gasteiger charge is -2.07. The number of hydrogen-bond acceptors (Lipinski definition) is 7. The molecule has 0 aliphatic carbocycles. The SMILES string of the molecule is [O-][S+](F)N[S+]([O-])N[S+]([O-])N[S+]([O-])F. The molecule has 4 unspecified atom stereocenters. The largest absolute Gasteiger partial charge is 0.572 e. The molecule has 0 heterocycles. The molecule has 0 saturated heterocycles. The zero-order valence-corrected chi connectivity index (χ0v) is 8.79. The predicted molar refractivity (Wildman–Crippen MR) is 44.2 cm³/mol. The van der Waals surface area contributed by atoms with Gasteiger partial charge in [0.25, 0.3) is 0 Å². The molecule has 0 saturated carbocycles. The third kappa shape index (κ3) is 9.29. The molecule has 0 aromatic rings. The topological polar surface area (TPSA) is 128 Å². The third-order valence-corrected chi connectivity index (χ3v) is 3.90. The lowest BCUT2D eigenvalue weighted by molar-refractivity contribution is 0.537. The normalized spacial score (nSPS) is 20.8. The minimum atomic E-state index is -3.07. The first-order valence-electron chi connectivity index (χ1n) is 2.20. The van der Waals surface area contributed by atoms with E-state index in [-0.39, 0.29) is 0 Å². The quantitative estimate of drug-likeness (QED) is 0.479. The molecule has 0 rings (SSSR count). The van der Waals surface area contributed by atoms with E-state index in [0.717, 1.165) is 0 Å². The van der Waals surface area contributed by atoms with E-state index in [2.05, 4.69) is 0 Å². The number of halogens is 2. The minimum absolute atomic E-state index is 1.26. The second-order valence-electron chi connectivity index (χ2n) is 1.23. The lowest BCUT2D eigenvalue weighted by Crippen LogP contribution is -2.47. The molecule has 0 aromatic carbocycles. The summed E-state index contributed by atoms with van der Waals surface area (Å²) < 4.78 is 67.4. The Hall–Kier alpha value is 0.980. The van der Waals surface area contributed by atoms with Gasteiger partial charge in [-0.2, -0.15) is 0 Å². The van der Waals surface area contributed by atoms with Gasteiger partial charge in [0.1, 0.15) is 8.25 Å². The van der Waals surface area contributed by atoms with E-state index in [4.69, 9.17) is 0 Å². The first-order valence-corrected chi connectivity index (χ1v) is 6.60. The van der Waals surface area contributed by atoms with Gasteiger partial charge in [-0.3, -0.25) is 0 Å². The van der Waals surface area contributed by atoms with Crippen molar-refractivity contribution < 1.29 is 26.0 Å². The fourth-order valence-electron chi connectivity index (χ4n) is 0.222. The fourth-order valence-corrected chi connectivity index (χ4v) is 2.61. The summed E-state index contributed by atoms with van der Waals surface area (Å²) >= 11 is -11.0. The molecule has 0 aromatic heterocycles. The van der Waals surface area contributed by atoms with Gasteiger partial charge in [-0.25, -0.2) is 0 Å². The summed E-state index contributed by atoms with van der Waals surface area (Å²) in [5, 5.41) is 0. The Bertz CT molecular complexity index is 125. The van der Waals surface area contributed by atoms with Crippen LogP contribution in [0.4, 0.5) is 7.77 Å². The molecule has 0 bridgehead atoms. The molecule has 13 heteroatoms. The van der Waals surface area contributed by atoms with Crippen molar-refractivity contribution in [2.75, 3.05) is 0 Å². The van der Waals surface area contributed by atoms with Crippen LogP contribution >= 0.6 is 0 Å².